The van der Waals surface area contributed by atoms with Crippen LogP contribution in [0.1, 0.15) is 23.7 Å². The van der Waals surface area contributed by atoms with Gasteiger partial charge in [-0.2, -0.15) is 0 Å². The predicted octanol–water partition coefficient (Wildman–Crippen LogP) is 1.99. The quantitative estimate of drug-likeness (QED) is 0.838. The van der Waals surface area contributed by atoms with Crippen molar-refractivity contribution in [2.45, 2.75) is 24.3 Å². The van der Waals surface area contributed by atoms with Gasteiger partial charge in [0, 0.05) is 23.2 Å². The van der Waals surface area contributed by atoms with Crippen molar-refractivity contribution < 1.29 is 13.2 Å². The third kappa shape index (κ3) is 4.42. The van der Waals surface area contributed by atoms with Gasteiger partial charge in [0.1, 0.15) is 0 Å². The second-order valence-corrected chi connectivity index (χ2v) is 6.96. The maximum atomic E-state index is 11.9. The highest BCUT2D eigenvalue weighted by molar-refractivity contribution is 9.09. The highest BCUT2D eigenvalue weighted by Crippen LogP contribution is 2.11. The molecule has 0 aliphatic heterocycles. The normalized spacial score (nSPS) is 13.1. The Kier molecular flexibility index (Phi) is 5.34. The third-order valence-electron chi connectivity index (χ3n) is 2.44. The fourth-order valence-electron chi connectivity index (χ4n) is 1.41. The van der Waals surface area contributed by atoms with E-state index in [9.17, 15) is 13.2 Å². The zero-order valence-corrected chi connectivity index (χ0v) is 12.7. The van der Waals surface area contributed by atoms with E-state index in [1.54, 1.807) is 12.1 Å². The van der Waals surface area contributed by atoms with Crippen LogP contribution in [0.2, 0.25) is 0 Å². The van der Waals surface area contributed by atoms with Crippen molar-refractivity contribution in [2.24, 2.45) is 0 Å². The molecule has 0 saturated carbocycles. The number of hydrogen-bond donors (Lipinski definition) is 1. The summed E-state index contributed by atoms with van der Waals surface area (Å²) in [6.07, 6.45) is 1.94. The molecule has 1 atom stereocenters. The molecule has 1 amide bonds. The molecule has 0 bridgehead atoms. The SMILES string of the molecule is CC(CCBr)NC(=O)c1cccc(S(C)(=O)=O)c1. The highest BCUT2D eigenvalue weighted by atomic mass is 79.9. The largest absolute Gasteiger partial charge is 0.350 e. The molecule has 1 aromatic rings. The van der Waals surface area contributed by atoms with E-state index in [1.807, 2.05) is 6.92 Å². The lowest BCUT2D eigenvalue weighted by molar-refractivity contribution is 0.0939. The fraction of sp³-hybridized carbons (Fsp3) is 0.417. The van der Waals surface area contributed by atoms with Crippen LogP contribution in [-0.4, -0.2) is 32.0 Å². The molecule has 1 aromatic carbocycles. The summed E-state index contributed by atoms with van der Waals surface area (Å²) in [5.74, 6) is -0.256. The Morgan fingerprint density at radius 2 is 2.11 bits per heavy atom. The monoisotopic (exact) mass is 333 g/mol. The van der Waals surface area contributed by atoms with Crippen molar-refractivity contribution in [3.8, 4) is 0 Å². The van der Waals surface area contributed by atoms with Gasteiger partial charge in [-0.25, -0.2) is 8.42 Å². The highest BCUT2D eigenvalue weighted by Gasteiger charge is 2.13. The Balaban J connectivity index is 2.87. The molecule has 0 aromatic heterocycles. The minimum Gasteiger partial charge on any atom is -0.350 e. The minimum absolute atomic E-state index is 0.0405. The van der Waals surface area contributed by atoms with Gasteiger partial charge in [-0.05, 0) is 31.5 Å². The first-order valence-corrected chi connectivity index (χ1v) is 8.53. The number of rotatable bonds is 5. The average Bonchev–Trinajstić information content (AvgIpc) is 2.28. The van der Waals surface area contributed by atoms with E-state index in [-0.39, 0.29) is 16.8 Å². The van der Waals surface area contributed by atoms with E-state index >= 15 is 0 Å². The molecule has 0 spiro atoms. The number of alkyl halides is 1. The molecule has 4 nitrogen and oxygen atoms in total. The average molecular weight is 334 g/mol. The summed E-state index contributed by atoms with van der Waals surface area (Å²) in [5.41, 5.74) is 0.361. The number of amides is 1. The van der Waals surface area contributed by atoms with Gasteiger partial charge in [-0.3, -0.25) is 4.79 Å². The zero-order chi connectivity index (χ0) is 13.8. The maximum Gasteiger partial charge on any atom is 0.251 e. The van der Waals surface area contributed by atoms with Crippen LogP contribution in [0.3, 0.4) is 0 Å². The molecular formula is C12H16BrNO3S. The summed E-state index contributed by atoms with van der Waals surface area (Å²) in [4.78, 5) is 12.0. The van der Waals surface area contributed by atoms with Crippen LogP contribution in [0, 0.1) is 0 Å². The van der Waals surface area contributed by atoms with Gasteiger partial charge in [0.25, 0.3) is 5.91 Å². The van der Waals surface area contributed by atoms with Crippen LogP contribution >= 0.6 is 15.9 Å². The number of benzene rings is 1. The van der Waals surface area contributed by atoms with Crippen LogP contribution in [0.4, 0.5) is 0 Å². The van der Waals surface area contributed by atoms with Crippen LogP contribution in [0.15, 0.2) is 29.2 Å². The topological polar surface area (TPSA) is 63.2 Å². The summed E-state index contributed by atoms with van der Waals surface area (Å²) in [7, 11) is -3.29. The molecule has 1 N–H and O–H groups in total. The van der Waals surface area contributed by atoms with Crippen molar-refractivity contribution in [1.82, 2.24) is 5.32 Å². The van der Waals surface area contributed by atoms with Crippen LogP contribution in [-0.2, 0) is 9.84 Å². The summed E-state index contributed by atoms with van der Waals surface area (Å²) < 4.78 is 22.8. The molecule has 0 radical (unpaired) electrons. The second kappa shape index (κ2) is 6.33. The summed E-state index contributed by atoms with van der Waals surface area (Å²) in [5, 5.41) is 3.62. The second-order valence-electron chi connectivity index (χ2n) is 4.15. The standard InChI is InChI=1S/C12H16BrNO3S/c1-9(6-7-13)14-12(15)10-4-3-5-11(8-10)18(2,16)17/h3-5,8-9H,6-7H2,1-2H3,(H,14,15). The fourth-order valence-corrected chi connectivity index (χ4v) is 2.76. The first-order valence-electron chi connectivity index (χ1n) is 5.51. The van der Waals surface area contributed by atoms with Crippen molar-refractivity contribution >= 4 is 31.7 Å². The molecule has 0 saturated heterocycles. The number of nitrogens with one attached hydrogen (secondary N) is 1. The Hall–Kier alpha value is -0.880. The smallest absolute Gasteiger partial charge is 0.251 e. The van der Waals surface area contributed by atoms with Crippen molar-refractivity contribution in [2.75, 3.05) is 11.6 Å². The minimum atomic E-state index is -3.29. The van der Waals surface area contributed by atoms with E-state index < -0.39 is 9.84 Å². The number of carbonyl (C=O) groups excluding carboxylic acids is 1. The number of halogens is 1. The van der Waals surface area contributed by atoms with Crippen molar-refractivity contribution in [3.63, 3.8) is 0 Å². The first-order chi connectivity index (χ1) is 8.34. The molecule has 1 rings (SSSR count). The first kappa shape index (κ1) is 15.2. The lowest BCUT2D eigenvalue weighted by Crippen LogP contribution is -2.32. The van der Waals surface area contributed by atoms with Gasteiger partial charge in [0.2, 0.25) is 0 Å². The van der Waals surface area contributed by atoms with Gasteiger partial charge < -0.3 is 5.32 Å². The van der Waals surface area contributed by atoms with Gasteiger partial charge >= 0.3 is 0 Å². The Morgan fingerprint density at radius 3 is 2.67 bits per heavy atom. The van der Waals surface area contributed by atoms with Crippen molar-refractivity contribution in [1.29, 1.82) is 0 Å². The summed E-state index contributed by atoms with van der Waals surface area (Å²) in [6, 6.07) is 6.09. The van der Waals surface area contributed by atoms with E-state index in [2.05, 4.69) is 21.2 Å². The molecule has 0 aliphatic carbocycles. The molecule has 0 fully saturated rings. The summed E-state index contributed by atoms with van der Waals surface area (Å²) >= 11 is 3.30. The molecule has 1 unspecified atom stereocenters. The number of sulfone groups is 1. The molecular weight excluding hydrogens is 318 g/mol. The maximum absolute atomic E-state index is 11.9. The van der Waals surface area contributed by atoms with Crippen LogP contribution in [0.5, 0.6) is 0 Å². The predicted molar refractivity (Wildman–Crippen MR) is 74.9 cm³/mol. The van der Waals surface area contributed by atoms with Crippen LogP contribution < -0.4 is 5.32 Å². The lowest BCUT2D eigenvalue weighted by Gasteiger charge is -2.12. The van der Waals surface area contributed by atoms with Gasteiger partial charge in [0.05, 0.1) is 4.90 Å². The van der Waals surface area contributed by atoms with E-state index in [4.69, 9.17) is 0 Å². The van der Waals surface area contributed by atoms with E-state index in [0.29, 0.717) is 5.56 Å². The van der Waals surface area contributed by atoms with Gasteiger partial charge in [-0.15, -0.1) is 0 Å². The molecule has 100 valence electrons. The van der Waals surface area contributed by atoms with Crippen LogP contribution in [0.25, 0.3) is 0 Å². The zero-order valence-electron chi connectivity index (χ0n) is 10.3. The Bertz CT molecular complexity index is 528. The van der Waals surface area contributed by atoms with E-state index in [0.717, 1.165) is 18.0 Å². The Morgan fingerprint density at radius 1 is 1.44 bits per heavy atom. The summed E-state index contributed by atoms with van der Waals surface area (Å²) in [6.45, 7) is 1.90. The Labute approximate surface area is 116 Å². The molecule has 0 heterocycles. The van der Waals surface area contributed by atoms with Gasteiger partial charge in [-0.1, -0.05) is 22.0 Å². The number of carbonyl (C=O) groups is 1. The molecule has 18 heavy (non-hydrogen) atoms. The molecule has 0 aliphatic rings. The van der Waals surface area contributed by atoms with Crippen molar-refractivity contribution in [3.05, 3.63) is 29.8 Å². The van der Waals surface area contributed by atoms with Gasteiger partial charge in [0.15, 0.2) is 9.84 Å². The third-order valence-corrected chi connectivity index (χ3v) is 4.01. The van der Waals surface area contributed by atoms with E-state index in [1.165, 1.54) is 12.1 Å². The molecule has 6 heteroatoms. The lowest BCUT2D eigenvalue weighted by atomic mass is 10.2. The number of hydrogen-bond acceptors (Lipinski definition) is 3.